The maximum atomic E-state index is 11.9. The summed E-state index contributed by atoms with van der Waals surface area (Å²) < 4.78 is 0. The number of hydrogen-bond donors (Lipinski definition) is 2. The van der Waals surface area contributed by atoms with Crippen LogP contribution in [-0.2, 0) is 0 Å². The van der Waals surface area contributed by atoms with Gasteiger partial charge in [-0.1, -0.05) is 23.2 Å². The lowest BCUT2D eigenvalue weighted by Crippen LogP contribution is -2.51. The van der Waals surface area contributed by atoms with Crippen molar-refractivity contribution >= 4 is 29.1 Å². The molecule has 1 unspecified atom stereocenters. The van der Waals surface area contributed by atoms with Crippen molar-refractivity contribution in [3.63, 3.8) is 0 Å². The second kappa shape index (κ2) is 5.21. The van der Waals surface area contributed by atoms with Crippen LogP contribution in [0.3, 0.4) is 0 Å². The summed E-state index contributed by atoms with van der Waals surface area (Å²) in [4.78, 5) is 15.8. The van der Waals surface area contributed by atoms with Crippen LogP contribution in [0.15, 0.2) is 12.1 Å². The highest BCUT2D eigenvalue weighted by Crippen LogP contribution is 2.18. The van der Waals surface area contributed by atoms with Crippen molar-refractivity contribution < 1.29 is 9.90 Å². The molecule has 0 aliphatic carbocycles. The normalized spacial score (nSPS) is 13.3. The van der Waals surface area contributed by atoms with Gasteiger partial charge in [0.25, 0.3) is 5.91 Å². The van der Waals surface area contributed by atoms with Crippen LogP contribution in [0.4, 0.5) is 0 Å². The summed E-state index contributed by atoms with van der Waals surface area (Å²) >= 11 is 11.6. The summed E-state index contributed by atoms with van der Waals surface area (Å²) in [6.07, 6.45) is -0.704. The molecule has 17 heavy (non-hydrogen) atoms. The SMILES string of the molecule is CC(O)C(C)(C)NC(=O)c1nc(Cl)ccc1Cl. The number of pyridine rings is 1. The maximum Gasteiger partial charge on any atom is 0.271 e. The van der Waals surface area contributed by atoms with E-state index in [2.05, 4.69) is 10.3 Å². The zero-order valence-corrected chi connectivity index (χ0v) is 11.3. The summed E-state index contributed by atoms with van der Waals surface area (Å²) in [5.74, 6) is -0.469. The highest BCUT2D eigenvalue weighted by Gasteiger charge is 2.27. The summed E-state index contributed by atoms with van der Waals surface area (Å²) in [6.45, 7) is 5.00. The van der Waals surface area contributed by atoms with Gasteiger partial charge in [-0.05, 0) is 32.9 Å². The molecule has 1 heterocycles. The number of carbonyl (C=O) groups excluding carboxylic acids is 1. The van der Waals surface area contributed by atoms with Gasteiger partial charge < -0.3 is 10.4 Å². The summed E-state index contributed by atoms with van der Waals surface area (Å²) in [7, 11) is 0. The van der Waals surface area contributed by atoms with Crippen LogP contribution in [0.25, 0.3) is 0 Å². The van der Waals surface area contributed by atoms with Crippen LogP contribution < -0.4 is 5.32 Å². The highest BCUT2D eigenvalue weighted by molar-refractivity contribution is 6.34. The fourth-order valence-corrected chi connectivity index (χ4v) is 1.37. The average Bonchev–Trinajstić information content (AvgIpc) is 2.20. The zero-order valence-electron chi connectivity index (χ0n) is 9.79. The lowest BCUT2D eigenvalue weighted by molar-refractivity contribution is 0.0705. The van der Waals surface area contributed by atoms with Gasteiger partial charge in [0, 0.05) is 0 Å². The zero-order chi connectivity index (χ0) is 13.2. The summed E-state index contributed by atoms with van der Waals surface area (Å²) in [6, 6.07) is 3.00. The van der Waals surface area contributed by atoms with Crippen LogP contribution in [0.1, 0.15) is 31.3 Å². The minimum Gasteiger partial charge on any atom is -0.391 e. The van der Waals surface area contributed by atoms with Crippen molar-refractivity contribution in [1.82, 2.24) is 10.3 Å². The largest absolute Gasteiger partial charge is 0.391 e. The summed E-state index contributed by atoms with van der Waals surface area (Å²) in [5, 5.41) is 12.6. The smallest absolute Gasteiger partial charge is 0.271 e. The van der Waals surface area contributed by atoms with Crippen LogP contribution >= 0.6 is 23.2 Å². The Morgan fingerprint density at radius 2 is 2.06 bits per heavy atom. The molecule has 0 saturated carbocycles. The Labute approximate surface area is 110 Å². The average molecular weight is 277 g/mol. The van der Waals surface area contributed by atoms with Crippen molar-refractivity contribution in [2.45, 2.75) is 32.4 Å². The van der Waals surface area contributed by atoms with Gasteiger partial charge >= 0.3 is 0 Å². The Hall–Kier alpha value is -0.840. The third kappa shape index (κ3) is 3.56. The van der Waals surface area contributed by atoms with E-state index in [1.54, 1.807) is 20.8 Å². The third-order valence-electron chi connectivity index (χ3n) is 2.51. The van der Waals surface area contributed by atoms with Crippen LogP contribution in [0, 0.1) is 0 Å². The van der Waals surface area contributed by atoms with Gasteiger partial charge in [0.05, 0.1) is 16.7 Å². The molecule has 0 aliphatic heterocycles. The van der Waals surface area contributed by atoms with E-state index >= 15 is 0 Å². The number of nitrogens with zero attached hydrogens (tertiary/aromatic N) is 1. The summed E-state index contributed by atoms with van der Waals surface area (Å²) in [5.41, 5.74) is -0.724. The first-order valence-electron chi connectivity index (χ1n) is 5.06. The Bertz CT molecular complexity index is 433. The molecule has 0 spiro atoms. The topological polar surface area (TPSA) is 62.2 Å². The van der Waals surface area contributed by atoms with Gasteiger partial charge in [-0.25, -0.2) is 4.98 Å². The van der Waals surface area contributed by atoms with E-state index in [1.807, 2.05) is 0 Å². The number of hydrogen-bond acceptors (Lipinski definition) is 3. The van der Waals surface area contributed by atoms with Gasteiger partial charge in [-0.15, -0.1) is 0 Å². The molecule has 94 valence electrons. The minimum absolute atomic E-state index is 0.0490. The fourth-order valence-electron chi connectivity index (χ4n) is 1.03. The van der Waals surface area contributed by atoms with E-state index in [-0.39, 0.29) is 15.9 Å². The maximum absolute atomic E-state index is 11.9. The van der Waals surface area contributed by atoms with E-state index in [9.17, 15) is 9.90 Å². The number of halogens is 2. The quantitative estimate of drug-likeness (QED) is 0.833. The van der Waals surface area contributed by atoms with Gasteiger partial charge in [-0.3, -0.25) is 4.79 Å². The molecule has 1 atom stereocenters. The molecule has 1 amide bonds. The molecule has 1 rings (SSSR count). The van der Waals surface area contributed by atoms with Crippen molar-refractivity contribution in [2.75, 3.05) is 0 Å². The van der Waals surface area contributed by atoms with Crippen LogP contribution in [-0.4, -0.2) is 27.6 Å². The molecule has 2 N–H and O–H groups in total. The number of aromatic nitrogens is 1. The highest BCUT2D eigenvalue weighted by atomic mass is 35.5. The van der Waals surface area contributed by atoms with Gasteiger partial charge in [-0.2, -0.15) is 0 Å². The molecule has 0 radical (unpaired) electrons. The third-order valence-corrected chi connectivity index (χ3v) is 3.02. The van der Waals surface area contributed by atoms with Gasteiger partial charge in [0.1, 0.15) is 10.8 Å². The first-order valence-corrected chi connectivity index (χ1v) is 5.82. The molecule has 1 aromatic rings. The molecule has 0 saturated heterocycles. The van der Waals surface area contributed by atoms with Crippen molar-refractivity contribution in [2.24, 2.45) is 0 Å². The minimum atomic E-state index is -0.773. The predicted octanol–water partition coefficient (Wildman–Crippen LogP) is 2.28. The Balaban J connectivity index is 2.94. The van der Waals surface area contributed by atoms with E-state index < -0.39 is 17.6 Å². The molecule has 6 heteroatoms. The number of rotatable bonds is 3. The second-order valence-corrected chi connectivity index (χ2v) is 5.11. The molecule has 0 aromatic carbocycles. The van der Waals surface area contributed by atoms with E-state index in [1.165, 1.54) is 12.1 Å². The number of amides is 1. The van der Waals surface area contributed by atoms with E-state index in [0.29, 0.717) is 0 Å². The van der Waals surface area contributed by atoms with Crippen molar-refractivity contribution in [3.05, 3.63) is 28.0 Å². The number of carbonyl (C=O) groups is 1. The Morgan fingerprint density at radius 3 is 2.59 bits per heavy atom. The Kier molecular flexibility index (Phi) is 4.36. The number of nitrogens with one attached hydrogen (secondary N) is 1. The monoisotopic (exact) mass is 276 g/mol. The molecule has 1 aromatic heterocycles. The molecule has 4 nitrogen and oxygen atoms in total. The van der Waals surface area contributed by atoms with Crippen LogP contribution in [0.5, 0.6) is 0 Å². The Morgan fingerprint density at radius 1 is 1.47 bits per heavy atom. The van der Waals surface area contributed by atoms with E-state index in [4.69, 9.17) is 23.2 Å². The van der Waals surface area contributed by atoms with Gasteiger partial charge in [0.15, 0.2) is 0 Å². The molecular formula is C11H14Cl2N2O2. The standard InChI is InChI=1S/C11H14Cl2N2O2/c1-6(16)11(2,3)15-10(17)9-7(12)4-5-8(13)14-9/h4-6,16H,1-3H3,(H,15,17). The second-order valence-electron chi connectivity index (χ2n) is 4.32. The number of aliphatic hydroxyl groups excluding tert-OH is 1. The van der Waals surface area contributed by atoms with Crippen molar-refractivity contribution in [3.8, 4) is 0 Å². The molecular weight excluding hydrogens is 263 g/mol. The lowest BCUT2D eigenvalue weighted by Gasteiger charge is -2.29. The lowest BCUT2D eigenvalue weighted by atomic mass is 9.98. The number of aliphatic hydroxyl groups is 1. The molecule has 0 fully saturated rings. The van der Waals surface area contributed by atoms with Crippen LogP contribution in [0.2, 0.25) is 10.2 Å². The predicted molar refractivity (Wildman–Crippen MR) is 67.5 cm³/mol. The fraction of sp³-hybridized carbons (Fsp3) is 0.455. The molecule has 0 aliphatic rings. The first-order chi connectivity index (χ1) is 7.74. The van der Waals surface area contributed by atoms with Gasteiger partial charge in [0.2, 0.25) is 0 Å². The first kappa shape index (κ1) is 14.2. The molecule has 0 bridgehead atoms. The van der Waals surface area contributed by atoms with E-state index in [0.717, 1.165) is 0 Å². The van der Waals surface area contributed by atoms with Crippen molar-refractivity contribution in [1.29, 1.82) is 0 Å².